The zero-order chi connectivity index (χ0) is 14.3. The van der Waals surface area contributed by atoms with Gasteiger partial charge in [-0.2, -0.15) is 0 Å². The molecule has 2 atom stereocenters. The Labute approximate surface area is 116 Å². The molecule has 0 spiro atoms. The summed E-state index contributed by atoms with van der Waals surface area (Å²) >= 11 is 0. The maximum atomic E-state index is 11.7. The summed E-state index contributed by atoms with van der Waals surface area (Å²) in [4.78, 5) is 11.7. The highest BCUT2D eigenvalue weighted by Crippen LogP contribution is 2.23. The lowest BCUT2D eigenvalue weighted by atomic mass is 9.88. The molecule has 1 aromatic carbocycles. The maximum absolute atomic E-state index is 11.7. The van der Waals surface area contributed by atoms with Gasteiger partial charge in [-0.25, -0.2) is 0 Å². The second-order valence-corrected chi connectivity index (χ2v) is 5.29. The summed E-state index contributed by atoms with van der Waals surface area (Å²) in [6.07, 6.45) is 0. The van der Waals surface area contributed by atoms with Crippen LogP contribution in [0.5, 0.6) is 0 Å². The third kappa shape index (κ3) is 5.03. The van der Waals surface area contributed by atoms with E-state index in [1.165, 1.54) is 5.56 Å². The molecule has 0 aliphatic carbocycles. The summed E-state index contributed by atoms with van der Waals surface area (Å²) in [5.41, 5.74) is 1.33. The van der Waals surface area contributed by atoms with Gasteiger partial charge in [0.15, 0.2) is 0 Å². The van der Waals surface area contributed by atoms with Gasteiger partial charge in [-0.1, -0.05) is 44.2 Å². The fourth-order valence-corrected chi connectivity index (χ4v) is 2.16. The van der Waals surface area contributed by atoms with E-state index in [0.29, 0.717) is 18.4 Å². The van der Waals surface area contributed by atoms with Gasteiger partial charge in [0, 0.05) is 13.1 Å². The van der Waals surface area contributed by atoms with Crippen LogP contribution in [0.2, 0.25) is 0 Å². The summed E-state index contributed by atoms with van der Waals surface area (Å²) in [6, 6.07) is 10.3. The van der Waals surface area contributed by atoms with Crippen LogP contribution in [0, 0.1) is 5.92 Å². The van der Waals surface area contributed by atoms with E-state index >= 15 is 0 Å². The molecule has 0 bridgehead atoms. The number of hydrogen-bond donors (Lipinski definition) is 2. The smallest absolute Gasteiger partial charge is 0.236 e. The van der Waals surface area contributed by atoms with Crippen LogP contribution >= 0.6 is 0 Å². The van der Waals surface area contributed by atoms with E-state index in [4.69, 9.17) is 0 Å². The third-order valence-electron chi connectivity index (χ3n) is 3.42. The first-order valence-electron chi connectivity index (χ1n) is 7.12. The number of carbonyl (C=O) groups is 1. The Morgan fingerprint density at radius 3 is 2.32 bits per heavy atom. The van der Waals surface area contributed by atoms with Gasteiger partial charge in [0.2, 0.25) is 5.91 Å². The van der Waals surface area contributed by atoms with Crippen LogP contribution < -0.4 is 10.6 Å². The van der Waals surface area contributed by atoms with Crippen molar-refractivity contribution in [1.29, 1.82) is 0 Å². The molecule has 0 aliphatic rings. The average molecular weight is 262 g/mol. The van der Waals surface area contributed by atoms with Gasteiger partial charge >= 0.3 is 0 Å². The Balaban J connectivity index is 2.59. The quantitative estimate of drug-likeness (QED) is 0.793. The van der Waals surface area contributed by atoms with Crippen LogP contribution in [-0.4, -0.2) is 25.0 Å². The van der Waals surface area contributed by atoms with E-state index in [0.717, 1.165) is 6.54 Å². The number of carbonyl (C=O) groups excluding carboxylic acids is 1. The van der Waals surface area contributed by atoms with Gasteiger partial charge < -0.3 is 10.6 Å². The lowest BCUT2D eigenvalue weighted by Crippen LogP contribution is -2.43. The first-order chi connectivity index (χ1) is 9.06. The Morgan fingerprint density at radius 2 is 1.79 bits per heavy atom. The van der Waals surface area contributed by atoms with E-state index in [1.54, 1.807) is 0 Å². The molecule has 0 saturated heterocycles. The van der Waals surface area contributed by atoms with Gasteiger partial charge in [-0.3, -0.25) is 4.79 Å². The van der Waals surface area contributed by atoms with Crippen molar-refractivity contribution in [3.63, 3.8) is 0 Å². The number of rotatable bonds is 7. The molecule has 2 unspecified atom stereocenters. The van der Waals surface area contributed by atoms with Crippen LogP contribution in [0.4, 0.5) is 0 Å². The van der Waals surface area contributed by atoms with Crippen molar-refractivity contribution in [3.05, 3.63) is 35.9 Å². The highest BCUT2D eigenvalue weighted by Gasteiger charge is 2.18. The van der Waals surface area contributed by atoms with Crippen LogP contribution in [-0.2, 0) is 4.79 Å². The molecule has 0 aliphatic heterocycles. The fraction of sp³-hybridized carbons (Fsp3) is 0.562. The summed E-state index contributed by atoms with van der Waals surface area (Å²) in [5, 5.41) is 6.17. The van der Waals surface area contributed by atoms with Gasteiger partial charge in [0.1, 0.15) is 0 Å². The van der Waals surface area contributed by atoms with E-state index in [-0.39, 0.29) is 11.9 Å². The number of hydrogen-bond acceptors (Lipinski definition) is 2. The lowest BCUT2D eigenvalue weighted by Gasteiger charge is -2.24. The standard InChI is InChI=1S/C16H26N2O/c1-5-17-16(19)13(4)18-11-15(12(2)3)14-9-7-6-8-10-14/h6-10,12-13,15,18H,5,11H2,1-4H3,(H,17,19). The number of amides is 1. The average Bonchev–Trinajstić information content (AvgIpc) is 2.39. The molecule has 0 fully saturated rings. The van der Waals surface area contributed by atoms with Crippen LogP contribution in [0.3, 0.4) is 0 Å². The maximum Gasteiger partial charge on any atom is 0.236 e. The molecule has 0 heterocycles. The molecule has 0 radical (unpaired) electrons. The zero-order valence-electron chi connectivity index (χ0n) is 12.4. The number of benzene rings is 1. The van der Waals surface area contributed by atoms with Crippen LogP contribution in [0.1, 0.15) is 39.2 Å². The first kappa shape index (κ1) is 15.7. The minimum atomic E-state index is -0.148. The fourth-order valence-electron chi connectivity index (χ4n) is 2.16. The van der Waals surface area contributed by atoms with Crippen molar-refractivity contribution >= 4 is 5.91 Å². The highest BCUT2D eigenvalue weighted by molar-refractivity contribution is 5.81. The monoisotopic (exact) mass is 262 g/mol. The SMILES string of the molecule is CCNC(=O)C(C)NCC(c1ccccc1)C(C)C. The van der Waals surface area contributed by atoms with Crippen molar-refractivity contribution < 1.29 is 4.79 Å². The normalized spacial score (nSPS) is 14.2. The second-order valence-electron chi connectivity index (χ2n) is 5.29. The minimum absolute atomic E-state index is 0.0677. The molecule has 3 nitrogen and oxygen atoms in total. The third-order valence-corrected chi connectivity index (χ3v) is 3.42. The Hall–Kier alpha value is -1.35. The molecule has 0 saturated carbocycles. The molecular weight excluding hydrogens is 236 g/mol. The van der Waals surface area contributed by atoms with Crippen molar-refractivity contribution in [2.24, 2.45) is 5.92 Å². The summed E-state index contributed by atoms with van der Waals surface area (Å²) in [7, 11) is 0. The van der Waals surface area contributed by atoms with E-state index in [9.17, 15) is 4.79 Å². The molecule has 1 amide bonds. The molecule has 2 N–H and O–H groups in total. The zero-order valence-corrected chi connectivity index (χ0v) is 12.4. The first-order valence-corrected chi connectivity index (χ1v) is 7.12. The molecule has 3 heteroatoms. The number of likely N-dealkylation sites (N-methyl/N-ethyl adjacent to an activating group) is 1. The van der Waals surface area contributed by atoms with Crippen molar-refractivity contribution in [3.8, 4) is 0 Å². The van der Waals surface area contributed by atoms with Crippen molar-refractivity contribution in [1.82, 2.24) is 10.6 Å². The van der Waals surface area contributed by atoms with E-state index < -0.39 is 0 Å². The molecule has 106 valence electrons. The predicted molar refractivity (Wildman–Crippen MR) is 80.2 cm³/mol. The van der Waals surface area contributed by atoms with Crippen LogP contribution in [0.25, 0.3) is 0 Å². The molecule has 1 rings (SSSR count). The van der Waals surface area contributed by atoms with Gasteiger partial charge in [-0.05, 0) is 31.2 Å². The summed E-state index contributed by atoms with van der Waals surface area (Å²) < 4.78 is 0. The molecular formula is C16H26N2O. The van der Waals surface area contributed by atoms with Gasteiger partial charge in [-0.15, -0.1) is 0 Å². The Morgan fingerprint density at radius 1 is 1.16 bits per heavy atom. The molecule has 19 heavy (non-hydrogen) atoms. The van der Waals surface area contributed by atoms with Crippen LogP contribution in [0.15, 0.2) is 30.3 Å². The van der Waals surface area contributed by atoms with E-state index in [2.05, 4.69) is 48.7 Å². The minimum Gasteiger partial charge on any atom is -0.355 e. The van der Waals surface area contributed by atoms with Gasteiger partial charge in [0.05, 0.1) is 6.04 Å². The van der Waals surface area contributed by atoms with E-state index in [1.807, 2.05) is 19.9 Å². The molecule has 1 aromatic rings. The molecule has 0 aromatic heterocycles. The Bertz CT molecular complexity index is 376. The topological polar surface area (TPSA) is 41.1 Å². The summed E-state index contributed by atoms with van der Waals surface area (Å²) in [5.74, 6) is 1.03. The predicted octanol–water partition coefficient (Wildman–Crippen LogP) is 2.54. The van der Waals surface area contributed by atoms with Gasteiger partial charge in [0.25, 0.3) is 0 Å². The second kappa shape index (κ2) is 7.95. The van der Waals surface area contributed by atoms with Crippen molar-refractivity contribution in [2.75, 3.05) is 13.1 Å². The summed E-state index contributed by atoms with van der Waals surface area (Å²) in [6.45, 7) is 9.78. The highest BCUT2D eigenvalue weighted by atomic mass is 16.2. The largest absolute Gasteiger partial charge is 0.355 e. The Kier molecular flexibility index (Phi) is 6.57. The van der Waals surface area contributed by atoms with Crippen molar-refractivity contribution in [2.45, 2.75) is 39.7 Å². The lowest BCUT2D eigenvalue weighted by molar-refractivity contribution is -0.122. The number of nitrogens with one attached hydrogen (secondary N) is 2.